The summed E-state index contributed by atoms with van der Waals surface area (Å²) in [6.45, 7) is 0. The van der Waals surface area contributed by atoms with Crippen molar-refractivity contribution in [3.05, 3.63) is 47.4 Å². The smallest absolute Gasteiger partial charge is 0.0454 e. The zero-order valence-corrected chi connectivity index (χ0v) is 7.61. The van der Waals surface area contributed by atoms with Crippen LogP contribution < -0.4 is 0 Å². The van der Waals surface area contributed by atoms with Crippen molar-refractivity contribution < 1.29 is 0 Å². The van der Waals surface area contributed by atoms with Crippen molar-refractivity contribution in [2.75, 3.05) is 0 Å². The molecule has 1 aromatic carbocycles. The fourth-order valence-electron chi connectivity index (χ4n) is 0.766. The molecule has 1 aromatic rings. The van der Waals surface area contributed by atoms with Crippen LogP contribution in [0.25, 0.3) is 0 Å². The molecule has 1 rings (SSSR count). The molecular weight excluding hydrogens is 172 g/mol. The quantitative estimate of drug-likeness (QED) is 0.316. The standard InChI is InChI=1S/C9H8S2/c10-7-6-9(11)8-4-2-1-3-5-8/h1-7,10H/b7-6+. The molecule has 0 bridgehead atoms. The molecule has 0 spiro atoms. The Morgan fingerprint density at radius 2 is 1.91 bits per heavy atom. The second-order valence-corrected chi connectivity index (χ2v) is 2.78. The van der Waals surface area contributed by atoms with Crippen LogP contribution >= 0.6 is 24.8 Å². The van der Waals surface area contributed by atoms with Crippen molar-refractivity contribution >= 4 is 29.7 Å². The van der Waals surface area contributed by atoms with Gasteiger partial charge in [0.25, 0.3) is 0 Å². The highest BCUT2D eigenvalue weighted by Gasteiger charge is 1.92. The molecule has 0 unspecified atom stereocenters. The van der Waals surface area contributed by atoms with Gasteiger partial charge in [0.05, 0.1) is 0 Å². The van der Waals surface area contributed by atoms with Crippen LogP contribution in [0.2, 0.25) is 0 Å². The largest absolute Gasteiger partial charge is 0.151 e. The van der Waals surface area contributed by atoms with E-state index in [4.69, 9.17) is 12.2 Å². The predicted molar refractivity (Wildman–Crippen MR) is 56.3 cm³/mol. The summed E-state index contributed by atoms with van der Waals surface area (Å²) in [5.41, 5.74) is 1.06. The lowest BCUT2D eigenvalue weighted by Gasteiger charge is -1.94. The lowest BCUT2D eigenvalue weighted by molar-refractivity contribution is 1.67. The number of hydrogen-bond acceptors (Lipinski definition) is 2. The van der Waals surface area contributed by atoms with Gasteiger partial charge >= 0.3 is 0 Å². The highest BCUT2D eigenvalue weighted by atomic mass is 32.1. The van der Waals surface area contributed by atoms with Crippen LogP contribution in [0, 0.1) is 0 Å². The molecule has 2 heteroatoms. The van der Waals surface area contributed by atoms with Gasteiger partial charge in [-0.25, -0.2) is 0 Å². The molecule has 0 aliphatic heterocycles. The average Bonchev–Trinajstić information content (AvgIpc) is 2.07. The predicted octanol–water partition coefficient (Wildman–Crippen LogP) is 2.85. The van der Waals surface area contributed by atoms with Crippen LogP contribution in [-0.2, 0) is 0 Å². The molecule has 0 N–H and O–H groups in total. The summed E-state index contributed by atoms with van der Waals surface area (Å²) in [6.07, 6.45) is 1.80. The molecule has 0 aliphatic rings. The van der Waals surface area contributed by atoms with E-state index in [9.17, 15) is 0 Å². The van der Waals surface area contributed by atoms with Crippen LogP contribution in [-0.4, -0.2) is 4.86 Å². The maximum Gasteiger partial charge on any atom is 0.0454 e. The van der Waals surface area contributed by atoms with Gasteiger partial charge in [0.15, 0.2) is 0 Å². The molecule has 0 saturated carbocycles. The van der Waals surface area contributed by atoms with Gasteiger partial charge in [-0.1, -0.05) is 42.5 Å². The van der Waals surface area contributed by atoms with Gasteiger partial charge in [0.1, 0.15) is 0 Å². The van der Waals surface area contributed by atoms with E-state index < -0.39 is 0 Å². The Kier molecular flexibility index (Phi) is 3.33. The molecule has 0 aliphatic carbocycles. The van der Waals surface area contributed by atoms with E-state index in [-0.39, 0.29) is 0 Å². The summed E-state index contributed by atoms with van der Waals surface area (Å²) < 4.78 is 0. The summed E-state index contributed by atoms with van der Waals surface area (Å²) in [4.78, 5) is 0.820. The first-order chi connectivity index (χ1) is 5.34. The van der Waals surface area contributed by atoms with Gasteiger partial charge in [0, 0.05) is 4.86 Å². The zero-order chi connectivity index (χ0) is 8.10. The van der Waals surface area contributed by atoms with Crippen molar-refractivity contribution in [1.29, 1.82) is 0 Å². The average molecular weight is 180 g/mol. The molecule has 0 amide bonds. The first-order valence-electron chi connectivity index (χ1n) is 3.25. The fraction of sp³-hybridized carbons (Fsp3) is 0. The third-order valence-electron chi connectivity index (χ3n) is 1.28. The second-order valence-electron chi connectivity index (χ2n) is 2.05. The van der Waals surface area contributed by atoms with E-state index in [1.807, 2.05) is 30.3 Å². The van der Waals surface area contributed by atoms with Gasteiger partial charge in [-0.15, -0.1) is 0 Å². The molecule has 0 saturated heterocycles. The minimum atomic E-state index is 0.820. The van der Waals surface area contributed by atoms with Crippen LogP contribution in [0.4, 0.5) is 0 Å². The van der Waals surface area contributed by atoms with Gasteiger partial charge in [0.2, 0.25) is 0 Å². The number of rotatable bonds is 2. The van der Waals surface area contributed by atoms with Crippen molar-refractivity contribution in [2.45, 2.75) is 0 Å². The SMILES string of the molecule is S=C(/C=C/S)c1ccccc1. The number of thiocarbonyl (C=S) groups is 1. The molecule has 0 nitrogen and oxygen atoms in total. The van der Waals surface area contributed by atoms with Crippen LogP contribution in [0.1, 0.15) is 5.56 Å². The first kappa shape index (κ1) is 8.50. The zero-order valence-electron chi connectivity index (χ0n) is 5.90. The van der Waals surface area contributed by atoms with Crippen molar-refractivity contribution in [1.82, 2.24) is 0 Å². The topological polar surface area (TPSA) is 0 Å². The van der Waals surface area contributed by atoms with E-state index in [1.54, 1.807) is 11.5 Å². The Morgan fingerprint density at radius 3 is 2.45 bits per heavy atom. The van der Waals surface area contributed by atoms with E-state index in [0.29, 0.717) is 0 Å². The summed E-state index contributed by atoms with van der Waals surface area (Å²) >= 11 is 9.03. The highest BCUT2D eigenvalue weighted by Crippen LogP contribution is 2.02. The Balaban J connectivity index is 2.86. The Morgan fingerprint density at radius 1 is 1.27 bits per heavy atom. The number of thiol groups is 1. The molecule has 56 valence electrons. The molecule has 0 fully saturated rings. The summed E-state index contributed by atoms with van der Waals surface area (Å²) in [5, 5.41) is 1.65. The number of allylic oxidation sites excluding steroid dienone is 1. The second kappa shape index (κ2) is 4.31. The Hall–Kier alpha value is -0.600. The maximum absolute atomic E-state index is 5.08. The molecule has 11 heavy (non-hydrogen) atoms. The fourth-order valence-corrected chi connectivity index (χ4v) is 1.22. The van der Waals surface area contributed by atoms with Gasteiger partial charge in [-0.05, 0) is 17.0 Å². The Labute approximate surface area is 77.4 Å². The van der Waals surface area contributed by atoms with Gasteiger partial charge in [-0.2, -0.15) is 12.6 Å². The molecular formula is C9H8S2. The third kappa shape index (κ3) is 2.48. The molecule has 0 atom stereocenters. The summed E-state index contributed by atoms with van der Waals surface area (Å²) in [6, 6.07) is 9.87. The van der Waals surface area contributed by atoms with Gasteiger partial charge < -0.3 is 0 Å². The third-order valence-corrected chi connectivity index (χ3v) is 1.81. The summed E-state index contributed by atoms with van der Waals surface area (Å²) in [7, 11) is 0. The molecule has 0 aromatic heterocycles. The lowest BCUT2D eigenvalue weighted by atomic mass is 10.1. The van der Waals surface area contributed by atoms with E-state index in [0.717, 1.165) is 10.4 Å². The van der Waals surface area contributed by atoms with E-state index >= 15 is 0 Å². The monoisotopic (exact) mass is 180 g/mol. The highest BCUT2D eigenvalue weighted by molar-refractivity contribution is 7.84. The van der Waals surface area contributed by atoms with Gasteiger partial charge in [-0.3, -0.25) is 0 Å². The van der Waals surface area contributed by atoms with Crippen molar-refractivity contribution in [3.8, 4) is 0 Å². The molecule has 0 heterocycles. The minimum absolute atomic E-state index is 0.820. The molecule has 0 radical (unpaired) electrons. The lowest BCUT2D eigenvalue weighted by Crippen LogP contribution is -1.89. The van der Waals surface area contributed by atoms with Crippen molar-refractivity contribution in [2.24, 2.45) is 0 Å². The Bertz CT molecular complexity index is 262. The van der Waals surface area contributed by atoms with Crippen molar-refractivity contribution in [3.63, 3.8) is 0 Å². The van der Waals surface area contributed by atoms with E-state index in [1.165, 1.54) is 0 Å². The maximum atomic E-state index is 5.08. The minimum Gasteiger partial charge on any atom is -0.151 e. The summed E-state index contributed by atoms with van der Waals surface area (Å²) in [5.74, 6) is 0. The number of benzene rings is 1. The van der Waals surface area contributed by atoms with Crippen LogP contribution in [0.5, 0.6) is 0 Å². The van der Waals surface area contributed by atoms with E-state index in [2.05, 4.69) is 12.6 Å². The van der Waals surface area contributed by atoms with Crippen LogP contribution in [0.3, 0.4) is 0 Å². The normalized spacial score (nSPS) is 10.3. The first-order valence-corrected chi connectivity index (χ1v) is 4.17. The number of hydrogen-bond donors (Lipinski definition) is 1. The van der Waals surface area contributed by atoms with Crippen LogP contribution in [0.15, 0.2) is 41.8 Å².